The first kappa shape index (κ1) is 16.6. The Morgan fingerprint density at radius 1 is 0.960 bits per heavy atom. The first-order chi connectivity index (χ1) is 12.1. The summed E-state index contributed by atoms with van der Waals surface area (Å²) in [6.07, 6.45) is 3.03. The Bertz CT molecular complexity index is 813. The number of nitrogens with one attached hydrogen (secondary N) is 2. The van der Waals surface area contributed by atoms with E-state index in [0.717, 1.165) is 11.1 Å². The van der Waals surface area contributed by atoms with E-state index in [1.807, 2.05) is 31.2 Å². The summed E-state index contributed by atoms with van der Waals surface area (Å²) in [5, 5.41) is 0. The summed E-state index contributed by atoms with van der Waals surface area (Å²) in [5.74, 6) is 0.262. The van der Waals surface area contributed by atoms with Gasteiger partial charge in [0.05, 0.1) is 0 Å². The van der Waals surface area contributed by atoms with Crippen LogP contribution in [0.5, 0.6) is 11.5 Å². The van der Waals surface area contributed by atoms with Crippen molar-refractivity contribution in [2.24, 2.45) is 0 Å². The van der Waals surface area contributed by atoms with E-state index in [9.17, 15) is 9.59 Å². The van der Waals surface area contributed by atoms with Crippen molar-refractivity contribution in [3.63, 3.8) is 0 Å². The molecule has 0 aromatic heterocycles. The molecule has 0 saturated carbocycles. The van der Waals surface area contributed by atoms with E-state index in [4.69, 9.17) is 9.47 Å². The predicted molar refractivity (Wildman–Crippen MR) is 93.3 cm³/mol. The molecule has 2 amide bonds. The van der Waals surface area contributed by atoms with Gasteiger partial charge in [0.25, 0.3) is 11.8 Å². The molecule has 0 fully saturated rings. The van der Waals surface area contributed by atoms with Crippen molar-refractivity contribution in [1.29, 1.82) is 0 Å². The molecular weight excluding hydrogens is 320 g/mol. The van der Waals surface area contributed by atoms with E-state index in [1.165, 1.54) is 6.08 Å². The Kier molecular flexibility index (Phi) is 4.99. The highest BCUT2D eigenvalue weighted by molar-refractivity contribution is 5.98. The van der Waals surface area contributed by atoms with Crippen LogP contribution in [0.3, 0.4) is 0 Å². The number of carbonyl (C=O) groups is 2. The highest BCUT2D eigenvalue weighted by atomic mass is 16.6. The Morgan fingerprint density at radius 2 is 1.68 bits per heavy atom. The van der Waals surface area contributed by atoms with Crippen LogP contribution >= 0.6 is 0 Å². The normalized spacial score (nSPS) is 12.7. The Hall–Kier alpha value is -3.28. The van der Waals surface area contributed by atoms with Crippen molar-refractivity contribution in [2.45, 2.75) is 6.92 Å². The molecular formula is C19H18N2O4. The fourth-order valence-corrected chi connectivity index (χ4v) is 2.27. The second kappa shape index (κ2) is 7.53. The maximum Gasteiger partial charge on any atom is 0.269 e. The Labute approximate surface area is 145 Å². The van der Waals surface area contributed by atoms with Gasteiger partial charge in [-0.1, -0.05) is 29.8 Å². The van der Waals surface area contributed by atoms with Crippen molar-refractivity contribution in [3.05, 3.63) is 65.2 Å². The number of hydrogen-bond acceptors (Lipinski definition) is 4. The molecule has 2 aromatic carbocycles. The first-order valence-electron chi connectivity index (χ1n) is 7.86. The number of benzene rings is 2. The van der Waals surface area contributed by atoms with Crippen LogP contribution in [-0.4, -0.2) is 25.0 Å². The molecule has 1 aliphatic rings. The molecule has 25 heavy (non-hydrogen) atoms. The van der Waals surface area contributed by atoms with Gasteiger partial charge in [0.2, 0.25) is 0 Å². The number of ether oxygens (including phenoxy) is 2. The van der Waals surface area contributed by atoms with E-state index in [1.54, 1.807) is 24.3 Å². The minimum Gasteiger partial charge on any atom is -0.486 e. The summed E-state index contributed by atoms with van der Waals surface area (Å²) >= 11 is 0. The molecule has 1 aliphatic heterocycles. The average Bonchev–Trinajstić information content (AvgIpc) is 2.65. The van der Waals surface area contributed by atoms with Crippen LogP contribution in [0, 0.1) is 6.92 Å². The van der Waals surface area contributed by atoms with Gasteiger partial charge in [-0.05, 0) is 36.8 Å². The standard InChI is InChI=1S/C19H18N2O4/c1-13-2-4-14(5-3-13)6-9-18(22)20-21-19(23)15-7-8-16-17(12-15)25-11-10-24-16/h2-9,12H,10-11H2,1H3,(H,20,22)(H,21,23)/b9-6+. The van der Waals surface area contributed by atoms with Gasteiger partial charge in [-0.15, -0.1) is 0 Å². The van der Waals surface area contributed by atoms with Gasteiger partial charge >= 0.3 is 0 Å². The quantitative estimate of drug-likeness (QED) is 0.665. The molecule has 3 rings (SSSR count). The highest BCUT2D eigenvalue weighted by Gasteiger charge is 2.15. The lowest BCUT2D eigenvalue weighted by Crippen LogP contribution is -2.40. The SMILES string of the molecule is Cc1ccc(/C=C/C(=O)NNC(=O)c2ccc3c(c2)OCCO3)cc1. The van der Waals surface area contributed by atoms with Crippen molar-refractivity contribution in [1.82, 2.24) is 10.9 Å². The third-order valence-electron chi connectivity index (χ3n) is 3.61. The zero-order valence-electron chi connectivity index (χ0n) is 13.7. The number of fused-ring (bicyclic) bond motifs is 1. The summed E-state index contributed by atoms with van der Waals surface area (Å²) in [7, 11) is 0. The number of carbonyl (C=O) groups excluding carboxylic acids is 2. The monoisotopic (exact) mass is 338 g/mol. The first-order valence-corrected chi connectivity index (χ1v) is 7.86. The van der Waals surface area contributed by atoms with Crippen LogP contribution in [-0.2, 0) is 4.79 Å². The number of amides is 2. The second-order valence-electron chi connectivity index (χ2n) is 5.55. The summed E-state index contributed by atoms with van der Waals surface area (Å²) in [5.41, 5.74) is 7.13. The largest absolute Gasteiger partial charge is 0.486 e. The van der Waals surface area contributed by atoms with Gasteiger partial charge in [0, 0.05) is 11.6 Å². The van der Waals surface area contributed by atoms with Gasteiger partial charge in [-0.3, -0.25) is 20.4 Å². The van der Waals surface area contributed by atoms with E-state index in [0.29, 0.717) is 30.3 Å². The average molecular weight is 338 g/mol. The second-order valence-corrected chi connectivity index (χ2v) is 5.55. The minimum atomic E-state index is -0.436. The minimum absolute atomic E-state index is 0.368. The molecule has 0 spiro atoms. The molecule has 0 saturated heterocycles. The third kappa shape index (κ3) is 4.38. The predicted octanol–water partition coefficient (Wildman–Crippen LogP) is 2.24. The Morgan fingerprint density at radius 3 is 2.44 bits per heavy atom. The van der Waals surface area contributed by atoms with Crippen LogP contribution in [0.15, 0.2) is 48.5 Å². The summed E-state index contributed by atoms with van der Waals surface area (Å²) in [6, 6.07) is 12.6. The molecule has 0 radical (unpaired) electrons. The van der Waals surface area contributed by atoms with Crippen molar-refractivity contribution in [3.8, 4) is 11.5 Å². The zero-order valence-corrected chi connectivity index (χ0v) is 13.7. The van der Waals surface area contributed by atoms with E-state index in [2.05, 4.69) is 10.9 Å². The lowest BCUT2D eigenvalue weighted by atomic mass is 10.1. The fourth-order valence-electron chi connectivity index (χ4n) is 2.27. The molecule has 0 atom stereocenters. The van der Waals surface area contributed by atoms with E-state index >= 15 is 0 Å². The van der Waals surface area contributed by atoms with Crippen molar-refractivity contribution >= 4 is 17.9 Å². The van der Waals surface area contributed by atoms with Crippen LogP contribution < -0.4 is 20.3 Å². The van der Waals surface area contributed by atoms with Gasteiger partial charge < -0.3 is 9.47 Å². The van der Waals surface area contributed by atoms with Gasteiger partial charge in [0.1, 0.15) is 13.2 Å². The van der Waals surface area contributed by atoms with Crippen LogP contribution in [0.1, 0.15) is 21.5 Å². The van der Waals surface area contributed by atoms with Gasteiger partial charge in [-0.2, -0.15) is 0 Å². The highest BCUT2D eigenvalue weighted by Crippen LogP contribution is 2.30. The molecule has 0 unspecified atom stereocenters. The molecule has 2 N–H and O–H groups in total. The van der Waals surface area contributed by atoms with Crippen molar-refractivity contribution < 1.29 is 19.1 Å². The van der Waals surface area contributed by atoms with Gasteiger partial charge in [0.15, 0.2) is 11.5 Å². The number of hydrogen-bond donors (Lipinski definition) is 2. The lowest BCUT2D eigenvalue weighted by Gasteiger charge is -2.18. The molecule has 1 heterocycles. The summed E-state index contributed by atoms with van der Waals surface area (Å²) in [6.45, 7) is 2.92. The topological polar surface area (TPSA) is 76.7 Å². The summed E-state index contributed by atoms with van der Waals surface area (Å²) in [4.78, 5) is 23.9. The molecule has 0 aliphatic carbocycles. The third-order valence-corrected chi connectivity index (χ3v) is 3.61. The maximum absolute atomic E-state index is 12.1. The molecule has 0 bridgehead atoms. The van der Waals surface area contributed by atoms with Crippen LogP contribution in [0.2, 0.25) is 0 Å². The molecule has 6 heteroatoms. The molecule has 128 valence electrons. The number of hydrazine groups is 1. The van der Waals surface area contributed by atoms with E-state index < -0.39 is 11.8 Å². The van der Waals surface area contributed by atoms with E-state index in [-0.39, 0.29) is 0 Å². The van der Waals surface area contributed by atoms with Gasteiger partial charge in [-0.25, -0.2) is 0 Å². The lowest BCUT2D eigenvalue weighted by molar-refractivity contribution is -0.117. The number of aryl methyl sites for hydroxylation is 1. The fraction of sp³-hybridized carbons (Fsp3) is 0.158. The summed E-state index contributed by atoms with van der Waals surface area (Å²) < 4.78 is 10.8. The Balaban J connectivity index is 1.54. The smallest absolute Gasteiger partial charge is 0.269 e. The number of rotatable bonds is 3. The molecule has 6 nitrogen and oxygen atoms in total. The van der Waals surface area contributed by atoms with Crippen LogP contribution in [0.25, 0.3) is 6.08 Å². The van der Waals surface area contributed by atoms with Crippen LogP contribution in [0.4, 0.5) is 0 Å². The van der Waals surface area contributed by atoms with Crippen molar-refractivity contribution in [2.75, 3.05) is 13.2 Å². The molecule has 2 aromatic rings. The zero-order chi connectivity index (χ0) is 17.6. The maximum atomic E-state index is 12.1.